The minimum Gasteiger partial charge on any atom is -0.493 e. The van der Waals surface area contributed by atoms with E-state index in [9.17, 15) is 13.2 Å². The van der Waals surface area contributed by atoms with E-state index in [-0.39, 0.29) is 23.2 Å². The zero-order valence-corrected chi connectivity index (χ0v) is 16.3. The highest BCUT2D eigenvalue weighted by Crippen LogP contribution is 2.39. The number of halogens is 3. The van der Waals surface area contributed by atoms with E-state index in [0.717, 1.165) is 44.7 Å². The van der Waals surface area contributed by atoms with Crippen LogP contribution in [0.5, 0.6) is 5.75 Å². The quantitative estimate of drug-likeness (QED) is 0.680. The van der Waals surface area contributed by atoms with Crippen LogP contribution in [-0.4, -0.2) is 23.3 Å². The molecule has 0 spiro atoms. The van der Waals surface area contributed by atoms with Crippen molar-refractivity contribution in [3.63, 3.8) is 0 Å². The lowest BCUT2D eigenvalue weighted by molar-refractivity contribution is -0.138. The molecule has 1 N–H and O–H groups in total. The molecule has 29 heavy (non-hydrogen) atoms. The largest absolute Gasteiger partial charge is 0.493 e. The summed E-state index contributed by atoms with van der Waals surface area (Å²) in [6, 6.07) is 3.94. The van der Waals surface area contributed by atoms with Gasteiger partial charge >= 0.3 is 6.18 Å². The van der Waals surface area contributed by atoms with Crippen LogP contribution < -0.4 is 10.1 Å². The first-order chi connectivity index (χ1) is 14.0. The lowest BCUT2D eigenvalue weighted by atomic mass is 9.87. The molecule has 2 aliphatic rings. The van der Waals surface area contributed by atoms with Gasteiger partial charge in [0.1, 0.15) is 5.75 Å². The molecule has 1 saturated heterocycles. The fourth-order valence-electron chi connectivity index (χ4n) is 4.22. The van der Waals surface area contributed by atoms with E-state index in [1.807, 2.05) is 0 Å². The smallest absolute Gasteiger partial charge is 0.419 e. The lowest BCUT2D eigenvalue weighted by Crippen LogP contribution is -2.13. The average Bonchev–Trinajstić information content (AvgIpc) is 3.40. The van der Waals surface area contributed by atoms with Crippen LogP contribution in [0.1, 0.15) is 68.9 Å². The lowest BCUT2D eigenvalue weighted by Gasteiger charge is -2.22. The Morgan fingerprint density at radius 3 is 2.66 bits per heavy atom. The summed E-state index contributed by atoms with van der Waals surface area (Å²) >= 11 is 0. The van der Waals surface area contributed by atoms with Gasteiger partial charge in [-0.05, 0) is 49.9 Å². The molecule has 4 rings (SSSR count). The maximum atomic E-state index is 13.6. The third kappa shape index (κ3) is 4.91. The van der Waals surface area contributed by atoms with Gasteiger partial charge in [0.25, 0.3) is 0 Å². The number of ether oxygens (including phenoxy) is 1. The van der Waals surface area contributed by atoms with Crippen LogP contribution in [-0.2, 0) is 6.18 Å². The van der Waals surface area contributed by atoms with Crippen molar-refractivity contribution in [2.24, 2.45) is 5.92 Å². The molecule has 2 heterocycles. The van der Waals surface area contributed by atoms with Crippen LogP contribution >= 0.6 is 0 Å². The first-order valence-electron chi connectivity index (χ1n) is 10.4. The molecule has 1 aromatic heterocycles. The number of nitrogens with one attached hydrogen (secondary N) is 1. The van der Waals surface area contributed by atoms with Crippen molar-refractivity contribution in [3.05, 3.63) is 29.7 Å². The van der Waals surface area contributed by atoms with E-state index in [1.54, 1.807) is 6.07 Å². The molecule has 1 atom stereocenters. The van der Waals surface area contributed by atoms with E-state index in [0.29, 0.717) is 18.4 Å². The first-order valence-corrected chi connectivity index (χ1v) is 10.4. The van der Waals surface area contributed by atoms with Crippen molar-refractivity contribution in [2.45, 2.75) is 63.6 Å². The summed E-state index contributed by atoms with van der Waals surface area (Å²) in [5.74, 6) is 0.990. The molecule has 1 unspecified atom stereocenters. The van der Waals surface area contributed by atoms with Crippen molar-refractivity contribution in [1.29, 1.82) is 0 Å². The van der Waals surface area contributed by atoms with Gasteiger partial charge < -0.3 is 14.6 Å². The Bertz CT molecular complexity index is 810. The topological polar surface area (TPSA) is 60.2 Å². The monoisotopic (exact) mass is 409 g/mol. The van der Waals surface area contributed by atoms with E-state index < -0.39 is 11.7 Å². The predicted octanol–water partition coefficient (Wildman–Crippen LogP) is 5.53. The molecular formula is C21H26F3N3O2. The van der Waals surface area contributed by atoms with Gasteiger partial charge in [0, 0.05) is 5.56 Å². The summed E-state index contributed by atoms with van der Waals surface area (Å²) < 4.78 is 51.7. The predicted molar refractivity (Wildman–Crippen MR) is 101 cm³/mol. The molecule has 1 aliphatic carbocycles. The summed E-state index contributed by atoms with van der Waals surface area (Å²) in [5, 5.41) is 7.11. The molecule has 1 saturated carbocycles. The third-order valence-corrected chi connectivity index (χ3v) is 5.85. The van der Waals surface area contributed by atoms with Crippen molar-refractivity contribution < 1.29 is 22.4 Å². The Kier molecular flexibility index (Phi) is 6.08. The molecule has 8 heteroatoms. The molecular weight excluding hydrogens is 383 g/mol. The zero-order valence-electron chi connectivity index (χ0n) is 16.3. The van der Waals surface area contributed by atoms with Crippen LogP contribution in [0.2, 0.25) is 0 Å². The van der Waals surface area contributed by atoms with Crippen molar-refractivity contribution >= 4 is 0 Å². The van der Waals surface area contributed by atoms with Crippen molar-refractivity contribution in [2.75, 3.05) is 13.2 Å². The minimum atomic E-state index is -4.52. The van der Waals surface area contributed by atoms with Crippen molar-refractivity contribution in [3.8, 4) is 17.1 Å². The Morgan fingerprint density at radius 1 is 1.10 bits per heavy atom. The highest BCUT2D eigenvalue weighted by molar-refractivity contribution is 5.59. The summed E-state index contributed by atoms with van der Waals surface area (Å²) in [6.45, 7) is 1.17. The van der Waals surface area contributed by atoms with Gasteiger partial charge in [0.05, 0.1) is 18.2 Å². The molecule has 0 bridgehead atoms. The molecule has 1 aromatic carbocycles. The van der Waals surface area contributed by atoms with Crippen LogP contribution in [0.15, 0.2) is 22.7 Å². The van der Waals surface area contributed by atoms with E-state index in [2.05, 4.69) is 15.5 Å². The second kappa shape index (κ2) is 8.73. The Hall–Kier alpha value is -2.09. The number of hydrogen-bond acceptors (Lipinski definition) is 5. The van der Waals surface area contributed by atoms with Gasteiger partial charge in [-0.2, -0.15) is 18.2 Å². The summed E-state index contributed by atoms with van der Waals surface area (Å²) in [6.07, 6.45) is 4.11. The maximum absolute atomic E-state index is 13.6. The minimum absolute atomic E-state index is 0.0271. The van der Waals surface area contributed by atoms with E-state index >= 15 is 0 Å². The fourth-order valence-corrected chi connectivity index (χ4v) is 4.22. The second-order valence-electron chi connectivity index (χ2n) is 7.96. The number of rotatable bonds is 6. The fraction of sp³-hybridized carbons (Fsp3) is 0.619. The summed E-state index contributed by atoms with van der Waals surface area (Å²) in [7, 11) is 0. The molecule has 0 amide bonds. The first kappa shape index (κ1) is 20.2. The van der Waals surface area contributed by atoms with Gasteiger partial charge in [-0.3, -0.25) is 0 Å². The average molecular weight is 409 g/mol. The SMILES string of the molecule is FC(F)(F)c1cc(-c2noc(C3CCCN3)n2)ccc1OCCC1CCCCC1. The molecule has 1 aliphatic heterocycles. The Labute approximate surface area is 168 Å². The zero-order chi connectivity index (χ0) is 20.3. The molecule has 2 aromatic rings. The number of alkyl halides is 3. The Morgan fingerprint density at radius 2 is 1.93 bits per heavy atom. The summed E-state index contributed by atoms with van der Waals surface area (Å²) in [5.41, 5.74) is -0.533. The number of aromatic nitrogens is 2. The number of nitrogens with zero attached hydrogens (tertiary/aromatic N) is 2. The maximum Gasteiger partial charge on any atom is 0.419 e. The standard InChI is InChI=1S/C21H26F3N3O2/c22-21(23,24)16-13-15(19-26-20(29-27-19)17-7-4-11-25-17)8-9-18(16)28-12-10-14-5-2-1-3-6-14/h8-9,13-14,17,25H,1-7,10-12H2. The summed E-state index contributed by atoms with van der Waals surface area (Å²) in [4.78, 5) is 4.29. The third-order valence-electron chi connectivity index (χ3n) is 5.85. The number of benzene rings is 1. The highest BCUT2D eigenvalue weighted by Gasteiger charge is 2.35. The molecule has 0 radical (unpaired) electrons. The highest BCUT2D eigenvalue weighted by atomic mass is 19.4. The molecule has 5 nitrogen and oxygen atoms in total. The van der Waals surface area contributed by atoms with Gasteiger partial charge in [0.15, 0.2) is 0 Å². The number of hydrogen-bond donors (Lipinski definition) is 1. The van der Waals surface area contributed by atoms with E-state index in [4.69, 9.17) is 9.26 Å². The van der Waals surface area contributed by atoms with Gasteiger partial charge in [-0.1, -0.05) is 37.3 Å². The second-order valence-corrected chi connectivity index (χ2v) is 7.96. The van der Waals surface area contributed by atoms with E-state index in [1.165, 1.54) is 25.3 Å². The Balaban J connectivity index is 1.48. The van der Waals surface area contributed by atoms with Crippen LogP contribution in [0.4, 0.5) is 13.2 Å². The van der Waals surface area contributed by atoms with Crippen LogP contribution in [0.25, 0.3) is 11.4 Å². The van der Waals surface area contributed by atoms with Crippen molar-refractivity contribution in [1.82, 2.24) is 15.5 Å². The van der Waals surface area contributed by atoms with Gasteiger partial charge in [-0.25, -0.2) is 0 Å². The molecule has 2 fully saturated rings. The van der Waals surface area contributed by atoms with Gasteiger partial charge in [0.2, 0.25) is 11.7 Å². The molecule has 158 valence electrons. The van der Waals surface area contributed by atoms with Crippen LogP contribution in [0.3, 0.4) is 0 Å². The van der Waals surface area contributed by atoms with Crippen LogP contribution in [0, 0.1) is 5.92 Å². The normalized spacial score (nSPS) is 20.9. The van der Waals surface area contributed by atoms with Gasteiger partial charge in [-0.15, -0.1) is 0 Å².